The summed E-state index contributed by atoms with van der Waals surface area (Å²) in [5.41, 5.74) is -1.35. The molecule has 1 saturated carbocycles. The molecule has 144 valence electrons. The molecule has 1 saturated heterocycles. The molecule has 3 rings (SSSR count). The number of ether oxygens (including phenoxy) is 1. The monoisotopic (exact) mass is 369 g/mol. The van der Waals surface area contributed by atoms with Crippen molar-refractivity contribution in [2.24, 2.45) is 11.8 Å². The third kappa shape index (κ3) is 4.35. The molecule has 0 bridgehead atoms. The number of piperidine rings is 1. The Labute approximate surface area is 150 Å². The van der Waals surface area contributed by atoms with Crippen molar-refractivity contribution in [3.63, 3.8) is 0 Å². The van der Waals surface area contributed by atoms with Crippen molar-refractivity contribution in [2.45, 2.75) is 63.9 Å². The molecule has 1 aliphatic carbocycles. The fourth-order valence-corrected chi connectivity index (χ4v) is 4.05. The van der Waals surface area contributed by atoms with E-state index in [0.29, 0.717) is 44.0 Å². The summed E-state index contributed by atoms with van der Waals surface area (Å²) in [5.74, 6) is -0.426. The van der Waals surface area contributed by atoms with Gasteiger partial charge in [-0.05, 0) is 60.9 Å². The first kappa shape index (κ1) is 18.7. The number of aromatic nitrogens is 4. The van der Waals surface area contributed by atoms with E-state index in [9.17, 15) is 14.7 Å². The zero-order chi connectivity index (χ0) is 18.7. The van der Waals surface area contributed by atoms with Crippen molar-refractivity contribution < 1.29 is 23.8 Å². The first-order chi connectivity index (χ1) is 12.4. The summed E-state index contributed by atoms with van der Waals surface area (Å²) in [4.78, 5) is 22.1. The SMILES string of the molecule is CC(=O)OCn1nnnc1CC[C@@]1(F)CC[C@H]2CN[C@H](C(=O)O)C[C@H]2C1. The van der Waals surface area contributed by atoms with Gasteiger partial charge in [0.15, 0.2) is 12.6 Å². The Morgan fingerprint density at radius 2 is 2.27 bits per heavy atom. The van der Waals surface area contributed by atoms with Gasteiger partial charge in [0.05, 0.1) is 0 Å². The fraction of sp³-hybridized carbons (Fsp3) is 0.812. The highest BCUT2D eigenvalue weighted by molar-refractivity contribution is 5.73. The number of nitrogens with one attached hydrogen (secondary N) is 1. The lowest BCUT2D eigenvalue weighted by Gasteiger charge is -2.44. The molecule has 0 spiro atoms. The highest BCUT2D eigenvalue weighted by atomic mass is 19.1. The molecule has 1 aromatic rings. The minimum Gasteiger partial charge on any atom is -0.480 e. The zero-order valence-corrected chi connectivity index (χ0v) is 14.7. The van der Waals surface area contributed by atoms with Crippen LogP contribution in [-0.4, -0.2) is 55.5 Å². The summed E-state index contributed by atoms with van der Waals surface area (Å²) in [7, 11) is 0. The molecule has 0 radical (unpaired) electrons. The lowest BCUT2D eigenvalue weighted by Crippen LogP contribution is -2.51. The lowest BCUT2D eigenvalue weighted by molar-refractivity contribution is -0.145. The number of carbonyl (C=O) groups is 2. The van der Waals surface area contributed by atoms with Gasteiger partial charge in [0.2, 0.25) is 0 Å². The second-order valence-electron chi connectivity index (χ2n) is 7.31. The number of carboxylic acid groups (broad SMARTS) is 1. The van der Waals surface area contributed by atoms with Crippen molar-refractivity contribution in [3.8, 4) is 0 Å². The largest absolute Gasteiger partial charge is 0.480 e. The molecule has 2 N–H and O–H groups in total. The van der Waals surface area contributed by atoms with Crippen LogP contribution < -0.4 is 5.32 Å². The van der Waals surface area contributed by atoms with Gasteiger partial charge >= 0.3 is 11.9 Å². The molecule has 0 unspecified atom stereocenters. The molecule has 0 aromatic carbocycles. The highest BCUT2D eigenvalue weighted by Gasteiger charge is 2.44. The number of halogens is 1. The van der Waals surface area contributed by atoms with Gasteiger partial charge in [0, 0.05) is 13.3 Å². The molecular weight excluding hydrogens is 345 g/mol. The number of nitrogens with zero attached hydrogens (tertiary/aromatic N) is 4. The Hall–Kier alpha value is -2.10. The summed E-state index contributed by atoms with van der Waals surface area (Å²) >= 11 is 0. The number of hydrogen-bond acceptors (Lipinski definition) is 7. The first-order valence-corrected chi connectivity index (χ1v) is 8.90. The predicted octanol–water partition coefficient (Wildman–Crippen LogP) is 0.697. The van der Waals surface area contributed by atoms with Crippen LogP contribution >= 0.6 is 0 Å². The van der Waals surface area contributed by atoms with Crippen LogP contribution in [0.25, 0.3) is 0 Å². The highest BCUT2D eigenvalue weighted by Crippen LogP contribution is 2.44. The summed E-state index contributed by atoms with van der Waals surface area (Å²) in [5, 5.41) is 23.4. The standard InChI is InChI=1S/C16H24FN5O4/c1-10(23)26-9-22-14(19-20-21-22)3-5-16(17)4-2-11-8-18-13(15(24)25)6-12(11)7-16/h11-13,18H,2-9H2,1H3,(H,24,25)/t11-,12-,13-,16-/m0/s1. The number of carbonyl (C=O) groups excluding carboxylic acids is 1. The molecule has 2 fully saturated rings. The van der Waals surface area contributed by atoms with Crippen LogP contribution in [0.2, 0.25) is 0 Å². The molecule has 4 atom stereocenters. The first-order valence-electron chi connectivity index (χ1n) is 8.90. The number of aliphatic carboxylic acids is 1. The summed E-state index contributed by atoms with van der Waals surface area (Å²) < 4.78 is 21.6. The zero-order valence-electron chi connectivity index (χ0n) is 14.7. The van der Waals surface area contributed by atoms with Crippen molar-refractivity contribution in [1.82, 2.24) is 25.5 Å². The van der Waals surface area contributed by atoms with Crippen LogP contribution in [0.1, 0.15) is 44.9 Å². The van der Waals surface area contributed by atoms with E-state index in [1.54, 1.807) is 0 Å². The average Bonchev–Trinajstić information content (AvgIpc) is 3.05. The molecule has 26 heavy (non-hydrogen) atoms. The molecule has 9 nitrogen and oxygen atoms in total. The lowest BCUT2D eigenvalue weighted by atomic mass is 9.67. The maximum atomic E-state index is 15.4. The maximum Gasteiger partial charge on any atom is 0.320 e. The van der Waals surface area contributed by atoms with Crippen LogP contribution in [0.5, 0.6) is 0 Å². The average molecular weight is 369 g/mol. The Kier molecular flexibility index (Phi) is 5.49. The van der Waals surface area contributed by atoms with E-state index in [1.807, 2.05) is 0 Å². The normalized spacial score (nSPS) is 31.2. The number of aryl methyl sites for hydroxylation is 1. The number of fused-ring (bicyclic) bond motifs is 1. The molecular formula is C16H24FN5O4. The maximum absolute atomic E-state index is 15.4. The summed E-state index contributed by atoms with van der Waals surface area (Å²) in [6.45, 7) is 1.84. The van der Waals surface area contributed by atoms with Gasteiger partial charge in [0.1, 0.15) is 11.7 Å². The van der Waals surface area contributed by atoms with E-state index in [0.717, 1.165) is 6.42 Å². The third-order valence-corrected chi connectivity index (χ3v) is 5.51. The minimum atomic E-state index is -1.35. The van der Waals surface area contributed by atoms with Gasteiger partial charge in [0.25, 0.3) is 0 Å². The predicted molar refractivity (Wildman–Crippen MR) is 86.6 cm³/mol. The molecule has 0 amide bonds. The van der Waals surface area contributed by atoms with Gasteiger partial charge in [-0.15, -0.1) is 5.10 Å². The third-order valence-electron chi connectivity index (χ3n) is 5.51. The van der Waals surface area contributed by atoms with Crippen LogP contribution in [0.15, 0.2) is 0 Å². The molecule has 2 heterocycles. The number of carboxylic acids is 1. The Bertz CT molecular complexity index is 669. The van der Waals surface area contributed by atoms with Crippen LogP contribution in [0.4, 0.5) is 4.39 Å². The van der Waals surface area contributed by atoms with Gasteiger partial charge in [-0.25, -0.2) is 4.39 Å². The Morgan fingerprint density at radius 1 is 1.46 bits per heavy atom. The topological polar surface area (TPSA) is 119 Å². The van der Waals surface area contributed by atoms with E-state index in [-0.39, 0.29) is 19.1 Å². The second-order valence-corrected chi connectivity index (χ2v) is 7.31. The van der Waals surface area contributed by atoms with E-state index in [1.165, 1.54) is 11.6 Å². The van der Waals surface area contributed by atoms with Gasteiger partial charge < -0.3 is 15.2 Å². The Morgan fingerprint density at radius 3 is 3.00 bits per heavy atom. The Balaban J connectivity index is 1.57. The number of hydrogen-bond donors (Lipinski definition) is 2. The second kappa shape index (κ2) is 7.65. The number of tetrazole rings is 1. The van der Waals surface area contributed by atoms with E-state index < -0.39 is 23.6 Å². The quantitative estimate of drug-likeness (QED) is 0.703. The van der Waals surface area contributed by atoms with Crippen molar-refractivity contribution in [2.75, 3.05) is 6.54 Å². The fourth-order valence-electron chi connectivity index (χ4n) is 4.05. The molecule has 1 aromatic heterocycles. The number of alkyl halides is 1. The molecule has 10 heteroatoms. The van der Waals surface area contributed by atoms with Crippen molar-refractivity contribution >= 4 is 11.9 Å². The summed E-state index contributed by atoms with van der Waals surface area (Å²) in [6, 6.07) is -0.588. The van der Waals surface area contributed by atoms with Crippen molar-refractivity contribution in [3.05, 3.63) is 5.82 Å². The van der Waals surface area contributed by atoms with Crippen LogP contribution in [0.3, 0.4) is 0 Å². The van der Waals surface area contributed by atoms with Gasteiger partial charge in [-0.1, -0.05) is 0 Å². The van der Waals surface area contributed by atoms with E-state index in [2.05, 4.69) is 20.8 Å². The van der Waals surface area contributed by atoms with E-state index >= 15 is 4.39 Å². The van der Waals surface area contributed by atoms with Crippen LogP contribution in [0, 0.1) is 11.8 Å². The van der Waals surface area contributed by atoms with E-state index in [4.69, 9.17) is 4.74 Å². The van der Waals surface area contributed by atoms with Crippen molar-refractivity contribution in [1.29, 1.82) is 0 Å². The number of rotatable bonds is 6. The van der Waals surface area contributed by atoms with Gasteiger partial charge in [-0.2, -0.15) is 4.68 Å². The van der Waals surface area contributed by atoms with Crippen LogP contribution in [-0.2, 0) is 27.5 Å². The summed E-state index contributed by atoms with van der Waals surface area (Å²) in [6.07, 6.45) is 2.65. The number of esters is 1. The van der Waals surface area contributed by atoms with Gasteiger partial charge in [-0.3, -0.25) is 9.59 Å². The minimum absolute atomic E-state index is 0.0770. The molecule has 1 aliphatic heterocycles. The smallest absolute Gasteiger partial charge is 0.320 e. The molecule has 2 aliphatic rings.